The number of rotatable bonds is 8. The zero-order chi connectivity index (χ0) is 18.4. The fraction of sp³-hybridized carbons (Fsp3) is 0.333. The fourth-order valence-electron chi connectivity index (χ4n) is 2.22. The molecule has 0 bridgehead atoms. The summed E-state index contributed by atoms with van der Waals surface area (Å²) in [5, 5.41) is 0. The SMILES string of the molecule is COc1ccc(OC)c(S(=O)(=O)NCCOc2ccc(C)c(C)c2)c1. The molecule has 25 heavy (non-hydrogen) atoms. The zero-order valence-corrected chi connectivity index (χ0v) is 15.6. The third-order valence-electron chi connectivity index (χ3n) is 3.80. The Hall–Kier alpha value is -2.25. The molecule has 0 unspecified atom stereocenters. The number of methoxy groups -OCH3 is 2. The van der Waals surface area contributed by atoms with E-state index in [0.717, 1.165) is 5.56 Å². The lowest BCUT2D eigenvalue weighted by molar-refractivity contribution is 0.322. The number of hydrogen-bond donors (Lipinski definition) is 1. The smallest absolute Gasteiger partial charge is 0.244 e. The summed E-state index contributed by atoms with van der Waals surface area (Å²) in [7, 11) is -0.844. The summed E-state index contributed by atoms with van der Waals surface area (Å²) in [6.07, 6.45) is 0. The van der Waals surface area contributed by atoms with Gasteiger partial charge in [-0.2, -0.15) is 0 Å². The van der Waals surface area contributed by atoms with Gasteiger partial charge < -0.3 is 14.2 Å². The second-order valence-corrected chi connectivity index (χ2v) is 7.24. The number of ether oxygens (including phenoxy) is 3. The molecule has 2 aromatic carbocycles. The van der Waals surface area contributed by atoms with Crippen LogP contribution in [0.1, 0.15) is 11.1 Å². The van der Waals surface area contributed by atoms with E-state index in [-0.39, 0.29) is 23.8 Å². The van der Waals surface area contributed by atoms with Gasteiger partial charge in [0.1, 0.15) is 28.8 Å². The van der Waals surface area contributed by atoms with Gasteiger partial charge in [-0.15, -0.1) is 0 Å². The standard InChI is InChI=1S/C18H23NO5S/c1-13-5-6-16(11-14(13)2)24-10-9-19-25(20,21)18-12-15(22-3)7-8-17(18)23-4/h5-8,11-12,19H,9-10H2,1-4H3. The maximum Gasteiger partial charge on any atom is 0.244 e. The van der Waals surface area contributed by atoms with Crippen molar-refractivity contribution in [3.05, 3.63) is 47.5 Å². The number of sulfonamides is 1. The van der Waals surface area contributed by atoms with Gasteiger partial charge in [-0.05, 0) is 49.2 Å². The summed E-state index contributed by atoms with van der Waals surface area (Å²) in [5.41, 5.74) is 2.30. The highest BCUT2D eigenvalue weighted by molar-refractivity contribution is 7.89. The van der Waals surface area contributed by atoms with Crippen molar-refractivity contribution in [3.8, 4) is 17.2 Å². The van der Waals surface area contributed by atoms with E-state index in [0.29, 0.717) is 11.5 Å². The highest BCUT2D eigenvalue weighted by atomic mass is 32.2. The van der Waals surface area contributed by atoms with Crippen molar-refractivity contribution in [1.29, 1.82) is 0 Å². The molecule has 136 valence electrons. The van der Waals surface area contributed by atoms with Crippen molar-refractivity contribution in [2.75, 3.05) is 27.4 Å². The van der Waals surface area contributed by atoms with Crippen LogP contribution in [0, 0.1) is 13.8 Å². The van der Waals surface area contributed by atoms with Gasteiger partial charge in [0.15, 0.2) is 0 Å². The average Bonchev–Trinajstić information content (AvgIpc) is 2.61. The minimum Gasteiger partial charge on any atom is -0.497 e. The van der Waals surface area contributed by atoms with E-state index in [4.69, 9.17) is 14.2 Å². The Kier molecular flexibility index (Phi) is 6.27. The molecule has 0 aliphatic heterocycles. The van der Waals surface area contributed by atoms with Gasteiger partial charge >= 0.3 is 0 Å². The van der Waals surface area contributed by atoms with E-state index in [1.54, 1.807) is 12.1 Å². The summed E-state index contributed by atoms with van der Waals surface area (Å²) in [4.78, 5) is 0.0283. The van der Waals surface area contributed by atoms with E-state index < -0.39 is 10.0 Å². The first kappa shape index (κ1) is 19.1. The summed E-state index contributed by atoms with van der Waals surface area (Å²) in [6.45, 7) is 4.37. The van der Waals surface area contributed by atoms with E-state index in [9.17, 15) is 8.42 Å². The van der Waals surface area contributed by atoms with Crippen LogP contribution in [0.25, 0.3) is 0 Å². The summed E-state index contributed by atoms with van der Waals surface area (Å²) in [6, 6.07) is 10.4. The Bertz CT molecular complexity index is 833. The van der Waals surface area contributed by atoms with Crippen LogP contribution < -0.4 is 18.9 Å². The van der Waals surface area contributed by atoms with E-state index >= 15 is 0 Å². The lowest BCUT2D eigenvalue weighted by Crippen LogP contribution is -2.28. The average molecular weight is 365 g/mol. The van der Waals surface area contributed by atoms with Crippen LogP contribution in [0.2, 0.25) is 0 Å². The molecule has 0 saturated carbocycles. The second-order valence-electron chi connectivity index (χ2n) is 5.51. The Morgan fingerprint density at radius 1 is 0.920 bits per heavy atom. The molecule has 0 aromatic heterocycles. The largest absolute Gasteiger partial charge is 0.497 e. The van der Waals surface area contributed by atoms with Gasteiger partial charge in [-0.25, -0.2) is 13.1 Å². The van der Waals surface area contributed by atoms with Gasteiger partial charge in [-0.3, -0.25) is 0 Å². The Morgan fingerprint density at radius 3 is 2.28 bits per heavy atom. The number of benzene rings is 2. The lowest BCUT2D eigenvalue weighted by Gasteiger charge is -2.13. The molecule has 1 N–H and O–H groups in total. The Balaban J connectivity index is 2.00. The Morgan fingerprint density at radius 2 is 1.64 bits per heavy atom. The van der Waals surface area contributed by atoms with E-state index in [1.807, 2.05) is 32.0 Å². The molecule has 0 spiro atoms. The normalized spacial score (nSPS) is 11.2. The third kappa shape index (κ3) is 4.87. The van der Waals surface area contributed by atoms with Crippen molar-refractivity contribution in [3.63, 3.8) is 0 Å². The molecule has 0 fully saturated rings. The van der Waals surface area contributed by atoms with Crippen molar-refractivity contribution in [1.82, 2.24) is 4.72 Å². The predicted octanol–water partition coefficient (Wildman–Crippen LogP) is 2.68. The molecule has 6 nitrogen and oxygen atoms in total. The van der Waals surface area contributed by atoms with Crippen LogP contribution in [0.3, 0.4) is 0 Å². The number of aryl methyl sites for hydroxylation is 2. The predicted molar refractivity (Wildman–Crippen MR) is 96.1 cm³/mol. The van der Waals surface area contributed by atoms with Crippen molar-refractivity contribution >= 4 is 10.0 Å². The monoisotopic (exact) mass is 365 g/mol. The number of hydrogen-bond acceptors (Lipinski definition) is 5. The van der Waals surface area contributed by atoms with E-state index in [1.165, 1.54) is 25.8 Å². The van der Waals surface area contributed by atoms with Crippen LogP contribution in [-0.4, -0.2) is 35.8 Å². The van der Waals surface area contributed by atoms with Gasteiger partial charge in [0.05, 0.1) is 14.2 Å². The molecule has 0 aliphatic rings. The molecule has 2 rings (SSSR count). The third-order valence-corrected chi connectivity index (χ3v) is 5.28. The first-order valence-electron chi connectivity index (χ1n) is 7.79. The quantitative estimate of drug-likeness (QED) is 0.728. The minimum absolute atomic E-state index is 0.0283. The van der Waals surface area contributed by atoms with Gasteiger partial charge in [0.25, 0.3) is 0 Å². The van der Waals surface area contributed by atoms with Gasteiger partial charge in [-0.1, -0.05) is 6.07 Å². The minimum atomic E-state index is -3.74. The molecule has 2 aromatic rings. The first-order chi connectivity index (χ1) is 11.9. The molecule has 0 radical (unpaired) electrons. The molecular weight excluding hydrogens is 342 g/mol. The molecule has 0 atom stereocenters. The van der Waals surface area contributed by atoms with Crippen LogP contribution in [0.5, 0.6) is 17.2 Å². The van der Waals surface area contributed by atoms with Crippen molar-refractivity contribution in [2.45, 2.75) is 18.7 Å². The molecular formula is C18H23NO5S. The fourth-order valence-corrected chi connectivity index (χ4v) is 3.42. The molecule has 7 heteroatoms. The van der Waals surface area contributed by atoms with Gasteiger partial charge in [0, 0.05) is 12.6 Å². The zero-order valence-electron chi connectivity index (χ0n) is 14.8. The number of nitrogens with one attached hydrogen (secondary N) is 1. The molecule has 0 heterocycles. The van der Waals surface area contributed by atoms with Crippen LogP contribution >= 0.6 is 0 Å². The molecule has 0 amide bonds. The van der Waals surface area contributed by atoms with Crippen LogP contribution in [0.15, 0.2) is 41.3 Å². The first-order valence-corrected chi connectivity index (χ1v) is 9.27. The summed E-state index contributed by atoms with van der Waals surface area (Å²) in [5.74, 6) is 1.40. The second kappa shape index (κ2) is 8.22. The summed E-state index contributed by atoms with van der Waals surface area (Å²) < 4.78 is 43.3. The lowest BCUT2D eigenvalue weighted by atomic mass is 10.1. The van der Waals surface area contributed by atoms with Crippen molar-refractivity contribution < 1.29 is 22.6 Å². The molecule has 0 aliphatic carbocycles. The topological polar surface area (TPSA) is 73.9 Å². The highest BCUT2D eigenvalue weighted by Gasteiger charge is 2.20. The van der Waals surface area contributed by atoms with Crippen LogP contribution in [-0.2, 0) is 10.0 Å². The molecule has 0 saturated heterocycles. The summed E-state index contributed by atoms with van der Waals surface area (Å²) >= 11 is 0. The highest BCUT2D eigenvalue weighted by Crippen LogP contribution is 2.27. The maximum absolute atomic E-state index is 12.5. The Labute approximate surface area is 148 Å². The van der Waals surface area contributed by atoms with Gasteiger partial charge in [0.2, 0.25) is 10.0 Å². The van der Waals surface area contributed by atoms with Crippen molar-refractivity contribution in [2.24, 2.45) is 0 Å². The van der Waals surface area contributed by atoms with E-state index in [2.05, 4.69) is 4.72 Å². The van der Waals surface area contributed by atoms with Crippen LogP contribution in [0.4, 0.5) is 0 Å². The maximum atomic E-state index is 12.5.